The van der Waals surface area contributed by atoms with Crippen LogP contribution in [0.1, 0.15) is 31.9 Å². The van der Waals surface area contributed by atoms with Crippen molar-refractivity contribution >= 4 is 5.82 Å². The summed E-state index contributed by atoms with van der Waals surface area (Å²) in [5, 5.41) is 3.40. The van der Waals surface area contributed by atoms with Crippen molar-refractivity contribution in [1.82, 2.24) is 9.97 Å². The lowest BCUT2D eigenvalue weighted by Gasteiger charge is -2.11. The molecule has 15 heavy (non-hydrogen) atoms. The number of aryl methyl sites for hydroxylation is 1. The Labute approximate surface area is 91.3 Å². The summed E-state index contributed by atoms with van der Waals surface area (Å²) in [7, 11) is 0. The summed E-state index contributed by atoms with van der Waals surface area (Å²) in [6.45, 7) is 5.39. The molecule has 2 rings (SSSR count). The molecule has 82 valence electrons. The lowest BCUT2D eigenvalue weighted by Crippen LogP contribution is -2.12. The molecule has 2 unspecified atom stereocenters. The Morgan fingerprint density at radius 1 is 1.40 bits per heavy atom. The number of rotatable bonds is 3. The van der Waals surface area contributed by atoms with Gasteiger partial charge in [0.05, 0.1) is 0 Å². The van der Waals surface area contributed by atoms with E-state index in [0.717, 1.165) is 29.9 Å². The molecule has 1 aromatic heterocycles. The van der Waals surface area contributed by atoms with Gasteiger partial charge in [0.25, 0.3) is 0 Å². The highest BCUT2D eigenvalue weighted by atomic mass is 15.0. The van der Waals surface area contributed by atoms with Gasteiger partial charge in [-0.1, -0.05) is 13.3 Å². The summed E-state index contributed by atoms with van der Waals surface area (Å²) in [5.41, 5.74) is 1.02. The van der Waals surface area contributed by atoms with E-state index in [-0.39, 0.29) is 0 Å². The Hall–Kier alpha value is -1.12. The van der Waals surface area contributed by atoms with Gasteiger partial charge in [-0.2, -0.15) is 0 Å². The number of nitrogens with one attached hydrogen (secondary N) is 1. The Bertz CT molecular complexity index is 324. The molecule has 3 nitrogen and oxygen atoms in total. The molecule has 0 bridgehead atoms. The average molecular weight is 205 g/mol. The summed E-state index contributed by atoms with van der Waals surface area (Å²) >= 11 is 0. The van der Waals surface area contributed by atoms with Gasteiger partial charge >= 0.3 is 0 Å². The van der Waals surface area contributed by atoms with Gasteiger partial charge in [0.2, 0.25) is 0 Å². The van der Waals surface area contributed by atoms with Crippen molar-refractivity contribution in [3.05, 3.63) is 18.1 Å². The van der Waals surface area contributed by atoms with E-state index < -0.39 is 0 Å². The van der Waals surface area contributed by atoms with Crippen LogP contribution in [0, 0.1) is 18.8 Å². The van der Waals surface area contributed by atoms with Crippen LogP contribution in [-0.2, 0) is 0 Å². The highest BCUT2D eigenvalue weighted by Gasteiger charge is 2.20. The normalized spacial score (nSPS) is 25.5. The monoisotopic (exact) mass is 205 g/mol. The molecule has 0 spiro atoms. The molecule has 0 aliphatic heterocycles. The van der Waals surface area contributed by atoms with Crippen LogP contribution < -0.4 is 5.32 Å². The van der Waals surface area contributed by atoms with Crippen LogP contribution in [0.4, 0.5) is 5.82 Å². The maximum Gasteiger partial charge on any atom is 0.129 e. The van der Waals surface area contributed by atoms with E-state index in [9.17, 15) is 0 Å². The molecular weight excluding hydrogens is 186 g/mol. The minimum Gasteiger partial charge on any atom is -0.370 e. The van der Waals surface area contributed by atoms with Crippen molar-refractivity contribution in [2.24, 2.45) is 11.8 Å². The van der Waals surface area contributed by atoms with Crippen molar-refractivity contribution in [3.8, 4) is 0 Å². The van der Waals surface area contributed by atoms with Gasteiger partial charge in [0.15, 0.2) is 0 Å². The summed E-state index contributed by atoms with van der Waals surface area (Å²) < 4.78 is 0. The molecule has 1 fully saturated rings. The molecule has 1 saturated carbocycles. The Morgan fingerprint density at radius 2 is 2.27 bits per heavy atom. The maximum atomic E-state index is 4.20. The Morgan fingerprint density at radius 3 is 2.93 bits per heavy atom. The first-order valence-electron chi connectivity index (χ1n) is 5.76. The highest BCUT2D eigenvalue weighted by Crippen LogP contribution is 2.30. The average Bonchev–Trinajstić information content (AvgIpc) is 2.62. The third-order valence-corrected chi connectivity index (χ3v) is 3.18. The van der Waals surface area contributed by atoms with Gasteiger partial charge in [-0.05, 0) is 31.6 Å². The zero-order valence-corrected chi connectivity index (χ0v) is 9.53. The fraction of sp³-hybridized carbons (Fsp3) is 0.667. The van der Waals surface area contributed by atoms with Gasteiger partial charge in [0.1, 0.15) is 12.1 Å². The largest absolute Gasteiger partial charge is 0.370 e. The smallest absolute Gasteiger partial charge is 0.129 e. The van der Waals surface area contributed by atoms with Crippen molar-refractivity contribution < 1.29 is 0 Å². The molecule has 1 aliphatic carbocycles. The highest BCUT2D eigenvalue weighted by molar-refractivity contribution is 5.34. The zero-order chi connectivity index (χ0) is 10.7. The minimum absolute atomic E-state index is 0.829. The Balaban J connectivity index is 1.83. The second-order valence-electron chi connectivity index (χ2n) is 4.71. The molecule has 0 saturated heterocycles. The molecule has 1 N–H and O–H groups in total. The number of hydrogen-bond acceptors (Lipinski definition) is 3. The van der Waals surface area contributed by atoms with E-state index in [4.69, 9.17) is 0 Å². The lowest BCUT2D eigenvalue weighted by atomic mass is 10.1. The standard InChI is InChI=1S/C12H19N3/c1-9-3-4-11(5-9)7-13-12-6-10(2)14-8-15-12/h6,8-9,11H,3-5,7H2,1-2H3,(H,13,14,15). The molecule has 1 aromatic rings. The zero-order valence-electron chi connectivity index (χ0n) is 9.53. The van der Waals surface area contributed by atoms with Crippen LogP contribution in [0.15, 0.2) is 12.4 Å². The fourth-order valence-corrected chi connectivity index (χ4v) is 2.31. The van der Waals surface area contributed by atoms with Crippen molar-refractivity contribution in [3.63, 3.8) is 0 Å². The SMILES string of the molecule is Cc1cc(NCC2CCC(C)C2)ncn1. The van der Waals surface area contributed by atoms with Crippen LogP contribution in [0.5, 0.6) is 0 Å². The molecular formula is C12H19N3. The second-order valence-corrected chi connectivity index (χ2v) is 4.71. The molecule has 1 heterocycles. The third-order valence-electron chi connectivity index (χ3n) is 3.18. The molecule has 3 heteroatoms. The number of anilines is 1. The van der Waals surface area contributed by atoms with E-state index >= 15 is 0 Å². The van der Waals surface area contributed by atoms with Crippen molar-refractivity contribution in [2.45, 2.75) is 33.1 Å². The van der Waals surface area contributed by atoms with Crippen molar-refractivity contribution in [2.75, 3.05) is 11.9 Å². The number of nitrogens with zero attached hydrogens (tertiary/aromatic N) is 2. The molecule has 2 atom stereocenters. The molecule has 0 radical (unpaired) electrons. The lowest BCUT2D eigenvalue weighted by molar-refractivity contribution is 0.536. The quantitative estimate of drug-likeness (QED) is 0.824. The van der Waals surface area contributed by atoms with Crippen molar-refractivity contribution in [1.29, 1.82) is 0 Å². The van der Waals surface area contributed by atoms with Crippen LogP contribution in [-0.4, -0.2) is 16.5 Å². The van der Waals surface area contributed by atoms with Gasteiger partial charge in [-0.15, -0.1) is 0 Å². The van der Waals surface area contributed by atoms with Gasteiger partial charge in [0, 0.05) is 18.3 Å². The van der Waals surface area contributed by atoms with E-state index in [2.05, 4.69) is 22.2 Å². The third kappa shape index (κ3) is 2.91. The minimum atomic E-state index is 0.829. The molecule has 0 aromatic carbocycles. The first-order chi connectivity index (χ1) is 7.24. The van der Waals surface area contributed by atoms with Crippen LogP contribution >= 0.6 is 0 Å². The van der Waals surface area contributed by atoms with E-state index in [1.165, 1.54) is 19.3 Å². The molecule has 1 aliphatic rings. The Kier molecular flexibility index (Phi) is 3.19. The predicted molar refractivity (Wildman–Crippen MR) is 61.8 cm³/mol. The van der Waals surface area contributed by atoms with Crippen LogP contribution in [0.3, 0.4) is 0 Å². The van der Waals surface area contributed by atoms with Gasteiger partial charge in [-0.3, -0.25) is 0 Å². The molecule has 0 amide bonds. The van der Waals surface area contributed by atoms with Gasteiger partial charge in [-0.25, -0.2) is 9.97 Å². The van der Waals surface area contributed by atoms with Gasteiger partial charge < -0.3 is 5.32 Å². The predicted octanol–water partition coefficient (Wildman–Crippen LogP) is 2.63. The number of hydrogen-bond donors (Lipinski definition) is 1. The summed E-state index contributed by atoms with van der Waals surface area (Å²) in [6.07, 6.45) is 5.72. The van der Waals surface area contributed by atoms with E-state index in [1.54, 1.807) is 6.33 Å². The van der Waals surface area contributed by atoms with Crippen LogP contribution in [0.25, 0.3) is 0 Å². The van der Waals surface area contributed by atoms with E-state index in [0.29, 0.717) is 0 Å². The fourth-order valence-electron chi connectivity index (χ4n) is 2.31. The summed E-state index contributed by atoms with van der Waals surface area (Å²) in [4.78, 5) is 8.28. The number of aromatic nitrogens is 2. The first kappa shape index (κ1) is 10.4. The first-order valence-corrected chi connectivity index (χ1v) is 5.76. The summed E-state index contributed by atoms with van der Waals surface area (Å²) in [5.74, 6) is 2.70. The van der Waals surface area contributed by atoms with Crippen LogP contribution in [0.2, 0.25) is 0 Å². The van der Waals surface area contributed by atoms with E-state index in [1.807, 2.05) is 13.0 Å². The topological polar surface area (TPSA) is 37.8 Å². The summed E-state index contributed by atoms with van der Waals surface area (Å²) in [6, 6.07) is 2.00. The second kappa shape index (κ2) is 4.60. The maximum absolute atomic E-state index is 4.20.